The van der Waals surface area contributed by atoms with Gasteiger partial charge in [0.15, 0.2) is 11.7 Å². The Labute approximate surface area is 77.8 Å². The Bertz CT molecular complexity index is 219. The minimum absolute atomic E-state index is 2.22. The van der Waals surface area contributed by atoms with Crippen molar-refractivity contribution in [1.29, 1.82) is 0 Å². The van der Waals surface area contributed by atoms with E-state index in [1.54, 1.807) is 0 Å². The van der Waals surface area contributed by atoms with Gasteiger partial charge in [-0.1, -0.05) is 11.6 Å². The van der Waals surface area contributed by atoms with Crippen LogP contribution in [0, 0.1) is 0 Å². The Balaban J connectivity index is 3.08. The number of rotatable bonds is 0. The Hall–Kier alpha value is -0.240. The summed E-state index contributed by atoms with van der Waals surface area (Å²) in [6, 6.07) is 0. The molecule has 0 saturated carbocycles. The first-order chi connectivity index (χ1) is 6.04. The van der Waals surface area contributed by atoms with Crippen molar-refractivity contribution in [3.05, 3.63) is 0 Å². The van der Waals surface area contributed by atoms with Crippen molar-refractivity contribution in [2.24, 2.45) is 0 Å². The van der Waals surface area contributed by atoms with E-state index in [2.05, 4.69) is 4.74 Å². The fourth-order valence-corrected chi connectivity index (χ4v) is 1.34. The van der Waals surface area contributed by atoms with E-state index in [-0.39, 0.29) is 0 Å². The first-order valence-electron chi connectivity index (χ1n) is 3.13. The summed E-state index contributed by atoms with van der Waals surface area (Å²) in [6.45, 7) is 0. The van der Waals surface area contributed by atoms with E-state index in [4.69, 9.17) is 11.6 Å². The highest BCUT2D eigenvalue weighted by atomic mass is 35.5. The van der Waals surface area contributed by atoms with Gasteiger partial charge in [-0.15, -0.1) is 0 Å². The minimum atomic E-state index is -5.88. The highest BCUT2D eigenvalue weighted by Crippen LogP contribution is 2.57. The van der Waals surface area contributed by atoms with Gasteiger partial charge >= 0.3 is 12.4 Å². The van der Waals surface area contributed by atoms with Crippen molar-refractivity contribution in [2.75, 3.05) is 0 Å². The number of hydrogen-bond acceptors (Lipinski definition) is 1. The molecule has 9 heteroatoms. The predicted molar refractivity (Wildman–Crippen MR) is 30.5 cm³/mol. The summed E-state index contributed by atoms with van der Waals surface area (Å²) >= 11 is 4.70. The fraction of sp³-hybridized carbons (Fsp3) is 1.00. The maximum atomic E-state index is 12.5. The maximum Gasteiger partial charge on any atom is 0.429 e. The molecule has 0 aliphatic carbocycles. The Kier molecular flexibility index (Phi) is 2.43. The third-order valence-electron chi connectivity index (χ3n) is 1.76. The zero-order valence-electron chi connectivity index (χ0n) is 6.09. The zero-order valence-corrected chi connectivity index (χ0v) is 6.84. The summed E-state index contributed by atoms with van der Waals surface area (Å²) in [6.07, 6.45) is -15.1. The minimum Gasteiger partial charge on any atom is -0.333 e. The lowest BCUT2D eigenvalue weighted by Crippen LogP contribution is -2.75. The van der Waals surface area contributed by atoms with Gasteiger partial charge in [-0.2, -0.15) is 26.3 Å². The molecule has 0 bridgehead atoms. The summed E-state index contributed by atoms with van der Waals surface area (Å²) in [7, 11) is 0. The van der Waals surface area contributed by atoms with Gasteiger partial charge in [0, 0.05) is 0 Å². The van der Waals surface area contributed by atoms with E-state index in [9.17, 15) is 30.7 Å². The van der Waals surface area contributed by atoms with Gasteiger partial charge in [-0.25, -0.2) is 4.39 Å². The summed E-state index contributed by atoms with van der Waals surface area (Å²) in [5.74, 6) is 0. The van der Waals surface area contributed by atoms with Crippen LogP contribution in [0.3, 0.4) is 0 Å². The molecule has 0 amide bonds. The van der Waals surface area contributed by atoms with E-state index < -0.39 is 29.7 Å². The summed E-state index contributed by atoms with van der Waals surface area (Å²) in [5.41, 5.74) is -7.00. The van der Waals surface area contributed by atoms with Gasteiger partial charge in [0.05, 0.1) is 0 Å². The third kappa shape index (κ3) is 1.27. The van der Waals surface area contributed by atoms with E-state index in [1.165, 1.54) is 0 Å². The second-order valence-electron chi connectivity index (χ2n) is 2.60. The average molecular weight is 247 g/mol. The molecule has 0 N–H and O–H groups in total. The topological polar surface area (TPSA) is 9.23 Å². The highest BCUT2D eigenvalue weighted by molar-refractivity contribution is 6.20. The van der Waals surface area contributed by atoms with E-state index in [0.717, 1.165) is 0 Å². The van der Waals surface area contributed by atoms with Gasteiger partial charge in [0.2, 0.25) is 0 Å². The quantitative estimate of drug-likeness (QED) is 0.472. The van der Waals surface area contributed by atoms with E-state index in [0.29, 0.717) is 0 Å². The van der Waals surface area contributed by atoms with Crippen LogP contribution < -0.4 is 0 Å². The fourth-order valence-electron chi connectivity index (χ4n) is 1.02. The number of ether oxygens (including phenoxy) is 1. The SMILES string of the molecule is F[C@H]1[C@@H](Cl)OC1(C(F)(F)F)C(F)(F)F. The molecular weight excluding hydrogens is 244 g/mol. The standard InChI is InChI=1S/C5H2ClF7O/c6-2-1(7)3(14-2,4(8,9)10)5(11,12)13/h1-2H/t1-,2-/m0/s1. The van der Waals surface area contributed by atoms with Crippen LogP contribution in [0.5, 0.6) is 0 Å². The number of hydrogen-bond donors (Lipinski definition) is 0. The molecule has 0 aromatic rings. The predicted octanol–water partition coefficient (Wildman–Crippen LogP) is 2.78. The van der Waals surface area contributed by atoms with Gasteiger partial charge in [-0.05, 0) is 0 Å². The Morgan fingerprint density at radius 2 is 1.36 bits per heavy atom. The van der Waals surface area contributed by atoms with Crippen LogP contribution >= 0.6 is 11.6 Å². The van der Waals surface area contributed by atoms with Gasteiger partial charge < -0.3 is 4.74 Å². The van der Waals surface area contributed by atoms with Crippen molar-refractivity contribution in [1.82, 2.24) is 0 Å². The van der Waals surface area contributed by atoms with Crippen LogP contribution in [0.4, 0.5) is 30.7 Å². The Morgan fingerprint density at radius 3 is 1.43 bits per heavy atom. The zero-order chi connectivity index (χ0) is 11.4. The molecule has 14 heavy (non-hydrogen) atoms. The van der Waals surface area contributed by atoms with Crippen LogP contribution in [0.2, 0.25) is 0 Å². The lowest BCUT2D eigenvalue weighted by atomic mass is 9.91. The van der Waals surface area contributed by atoms with E-state index >= 15 is 0 Å². The lowest BCUT2D eigenvalue weighted by molar-refractivity contribution is -0.450. The van der Waals surface area contributed by atoms with Crippen molar-refractivity contribution in [3.8, 4) is 0 Å². The molecule has 2 atom stereocenters. The van der Waals surface area contributed by atoms with Crippen molar-refractivity contribution < 1.29 is 35.5 Å². The van der Waals surface area contributed by atoms with Crippen molar-refractivity contribution in [3.63, 3.8) is 0 Å². The molecule has 1 aliphatic rings. The summed E-state index contributed by atoms with van der Waals surface area (Å²) in [4.78, 5) is 0. The van der Waals surface area contributed by atoms with Crippen LogP contribution in [-0.4, -0.2) is 29.7 Å². The number of alkyl halides is 8. The second kappa shape index (κ2) is 2.88. The smallest absolute Gasteiger partial charge is 0.333 e. The molecule has 0 spiro atoms. The van der Waals surface area contributed by atoms with E-state index in [1.807, 2.05) is 0 Å². The molecule has 1 saturated heterocycles. The molecule has 1 rings (SSSR count). The van der Waals surface area contributed by atoms with Crippen molar-refractivity contribution in [2.45, 2.75) is 29.7 Å². The molecule has 0 unspecified atom stereocenters. The maximum absolute atomic E-state index is 12.5. The second-order valence-corrected chi connectivity index (χ2v) is 3.03. The van der Waals surface area contributed by atoms with Crippen LogP contribution in [0.1, 0.15) is 0 Å². The lowest BCUT2D eigenvalue weighted by Gasteiger charge is -2.48. The van der Waals surface area contributed by atoms with Gasteiger partial charge in [-0.3, -0.25) is 0 Å². The molecular formula is C5H2ClF7O. The molecule has 1 fully saturated rings. The molecule has 0 aromatic heterocycles. The van der Waals surface area contributed by atoms with Gasteiger partial charge in [0.25, 0.3) is 5.60 Å². The molecule has 1 heterocycles. The first kappa shape index (κ1) is 11.8. The highest BCUT2D eigenvalue weighted by Gasteiger charge is 2.84. The van der Waals surface area contributed by atoms with Crippen LogP contribution in [0.15, 0.2) is 0 Å². The van der Waals surface area contributed by atoms with Crippen LogP contribution in [0.25, 0.3) is 0 Å². The molecule has 0 aromatic carbocycles. The third-order valence-corrected chi connectivity index (χ3v) is 2.07. The molecule has 0 radical (unpaired) electrons. The molecule has 84 valence electrons. The average Bonchev–Trinajstić information content (AvgIpc) is 1.93. The van der Waals surface area contributed by atoms with Crippen molar-refractivity contribution >= 4 is 11.6 Å². The normalized spacial score (nSPS) is 32.6. The van der Waals surface area contributed by atoms with Crippen LogP contribution in [-0.2, 0) is 4.74 Å². The molecule has 1 nitrogen and oxygen atoms in total. The summed E-state index contributed by atoms with van der Waals surface area (Å²) in [5, 5.41) is 0. The Morgan fingerprint density at radius 1 is 1.00 bits per heavy atom. The molecule has 1 aliphatic heterocycles. The number of halogens is 8. The van der Waals surface area contributed by atoms with Gasteiger partial charge in [0.1, 0.15) is 0 Å². The summed E-state index contributed by atoms with van der Waals surface area (Å²) < 4.78 is 87.4. The monoisotopic (exact) mass is 246 g/mol. The first-order valence-corrected chi connectivity index (χ1v) is 3.57. The largest absolute Gasteiger partial charge is 0.429 e.